The lowest BCUT2D eigenvalue weighted by Gasteiger charge is -2.26. The van der Waals surface area contributed by atoms with Gasteiger partial charge < -0.3 is 10.1 Å². The maximum atomic E-state index is 14.3. The summed E-state index contributed by atoms with van der Waals surface area (Å²) < 4.78 is 104. The maximum absolute atomic E-state index is 14.3. The molecular weight excluding hydrogens is 507 g/mol. The Balaban J connectivity index is 1.94. The van der Waals surface area contributed by atoms with Crippen molar-refractivity contribution in [2.75, 3.05) is 17.1 Å². The van der Waals surface area contributed by atoms with E-state index in [9.17, 15) is 35.2 Å². The van der Waals surface area contributed by atoms with Gasteiger partial charge in [-0.3, -0.25) is 14.1 Å². The van der Waals surface area contributed by atoms with E-state index in [4.69, 9.17) is 9.29 Å². The molecule has 0 saturated carbocycles. The lowest BCUT2D eigenvalue weighted by molar-refractivity contribution is -0.155. The summed E-state index contributed by atoms with van der Waals surface area (Å²) in [5.74, 6) is -5.18. The average Bonchev–Trinajstić information content (AvgIpc) is 3.09. The Hall–Kier alpha value is -2.58. The molecular formula is C20H19F5N2O5S2. The van der Waals surface area contributed by atoms with E-state index in [0.717, 1.165) is 26.2 Å². The van der Waals surface area contributed by atoms with Crippen molar-refractivity contribution in [3.8, 4) is 5.75 Å². The molecule has 2 aromatic rings. The molecule has 1 heterocycles. The van der Waals surface area contributed by atoms with Gasteiger partial charge in [0.25, 0.3) is 0 Å². The van der Waals surface area contributed by atoms with Gasteiger partial charge in [0, 0.05) is 17.2 Å². The molecule has 3 N–H and O–H groups in total. The van der Waals surface area contributed by atoms with E-state index in [1.165, 1.54) is 24.3 Å². The highest BCUT2D eigenvalue weighted by Crippen LogP contribution is 2.59. The molecule has 1 fully saturated rings. The molecule has 1 saturated heterocycles. The minimum atomic E-state index is -4.69. The van der Waals surface area contributed by atoms with Crippen molar-refractivity contribution in [2.45, 2.75) is 35.4 Å². The van der Waals surface area contributed by atoms with Gasteiger partial charge in [0.1, 0.15) is 4.75 Å². The number of rotatable bonds is 6. The van der Waals surface area contributed by atoms with Crippen molar-refractivity contribution < 1.29 is 44.5 Å². The Morgan fingerprint density at radius 2 is 1.74 bits per heavy atom. The van der Waals surface area contributed by atoms with Gasteiger partial charge in [0.15, 0.2) is 11.6 Å². The lowest BCUT2D eigenvalue weighted by atomic mass is 9.85. The molecule has 0 radical (unpaired) electrons. The van der Waals surface area contributed by atoms with Crippen molar-refractivity contribution >= 4 is 39.3 Å². The number of ether oxygens (including phenoxy) is 1. The Labute approximate surface area is 195 Å². The first-order chi connectivity index (χ1) is 15.6. The number of hydrogen-bond acceptors (Lipinski definition) is 5. The largest absolute Gasteiger partial charge is 0.493 e. The SMILES string of the molecule is COc1c(C2CC(C)(C(F)(F)F)SC2C(=O)Nc2ccc(NS(=O)(=O)O)cc2)ccc(F)c1F. The summed E-state index contributed by atoms with van der Waals surface area (Å²) in [6.07, 6.45) is -5.28. The van der Waals surface area contributed by atoms with Gasteiger partial charge in [0.05, 0.1) is 18.0 Å². The van der Waals surface area contributed by atoms with E-state index in [-0.39, 0.29) is 16.9 Å². The number of carbonyl (C=O) groups excluding carboxylic acids is 1. The molecule has 14 heteroatoms. The van der Waals surface area contributed by atoms with E-state index in [1.807, 2.05) is 0 Å². The minimum Gasteiger partial charge on any atom is -0.493 e. The van der Waals surface area contributed by atoms with Crippen LogP contribution in [0.3, 0.4) is 0 Å². The number of anilines is 2. The number of benzene rings is 2. The molecule has 0 spiro atoms. The van der Waals surface area contributed by atoms with E-state index < -0.39 is 62.1 Å². The van der Waals surface area contributed by atoms with Crippen LogP contribution in [0, 0.1) is 11.6 Å². The molecule has 0 aromatic heterocycles. The maximum Gasteiger partial charge on any atom is 0.403 e. The van der Waals surface area contributed by atoms with Gasteiger partial charge in [-0.05, 0) is 43.7 Å². The zero-order chi connectivity index (χ0) is 25.5. The number of nitrogens with one attached hydrogen (secondary N) is 2. The second kappa shape index (κ2) is 9.23. The van der Waals surface area contributed by atoms with Gasteiger partial charge >= 0.3 is 16.5 Å². The summed E-state index contributed by atoms with van der Waals surface area (Å²) in [6.45, 7) is 0.931. The zero-order valence-corrected chi connectivity index (χ0v) is 19.2. The topological polar surface area (TPSA) is 105 Å². The molecule has 1 aliphatic heterocycles. The van der Waals surface area contributed by atoms with Crippen LogP contribution in [-0.4, -0.2) is 42.2 Å². The second-order valence-electron chi connectivity index (χ2n) is 7.71. The number of carbonyl (C=O) groups is 1. The van der Waals surface area contributed by atoms with Crippen LogP contribution < -0.4 is 14.8 Å². The number of halogens is 5. The first kappa shape index (κ1) is 26.0. The third-order valence-electron chi connectivity index (χ3n) is 5.30. The molecule has 34 heavy (non-hydrogen) atoms. The molecule has 1 aliphatic rings. The summed E-state index contributed by atoms with van der Waals surface area (Å²) in [6, 6.07) is 6.81. The molecule has 3 atom stereocenters. The average molecular weight is 527 g/mol. The molecule has 7 nitrogen and oxygen atoms in total. The summed E-state index contributed by atoms with van der Waals surface area (Å²) in [5.41, 5.74) is 0.0302. The lowest BCUT2D eigenvalue weighted by Crippen LogP contribution is -2.37. The smallest absolute Gasteiger partial charge is 0.403 e. The van der Waals surface area contributed by atoms with Gasteiger partial charge in [-0.15, -0.1) is 11.8 Å². The molecule has 0 aliphatic carbocycles. The quantitative estimate of drug-likeness (QED) is 0.371. The minimum absolute atomic E-state index is 0.0233. The monoisotopic (exact) mass is 526 g/mol. The number of alkyl halides is 3. The van der Waals surface area contributed by atoms with Crippen molar-refractivity contribution in [3.05, 3.63) is 53.6 Å². The van der Waals surface area contributed by atoms with Crippen molar-refractivity contribution in [2.24, 2.45) is 0 Å². The van der Waals surface area contributed by atoms with Crippen LogP contribution >= 0.6 is 11.8 Å². The fourth-order valence-corrected chi connectivity index (χ4v) is 5.64. The van der Waals surface area contributed by atoms with E-state index in [1.54, 1.807) is 4.72 Å². The summed E-state index contributed by atoms with van der Waals surface area (Å²) in [4.78, 5) is 13.0. The van der Waals surface area contributed by atoms with Crippen LogP contribution in [0.25, 0.3) is 0 Å². The van der Waals surface area contributed by atoms with E-state index >= 15 is 0 Å². The van der Waals surface area contributed by atoms with Crippen molar-refractivity contribution in [1.29, 1.82) is 0 Å². The third kappa shape index (κ3) is 5.39. The number of methoxy groups -OCH3 is 1. The number of thioether (sulfide) groups is 1. The van der Waals surface area contributed by atoms with Crippen LogP contribution in [-0.2, 0) is 15.1 Å². The number of hydrogen-bond donors (Lipinski definition) is 3. The highest BCUT2D eigenvalue weighted by Gasteiger charge is 2.60. The summed E-state index contributed by atoms with van der Waals surface area (Å²) in [5, 5.41) is 1.10. The second-order valence-corrected chi connectivity index (χ2v) is 10.5. The predicted octanol–water partition coefficient (Wildman–Crippen LogP) is 4.74. The fraction of sp³-hybridized carbons (Fsp3) is 0.350. The standard InChI is InChI=1S/C20H19F5N2O5S2/c1-19(20(23,24)25)9-13(12-7-8-14(21)15(22)16(12)32-2)17(33-19)18(28)26-10-3-5-11(6-4-10)27-34(29,30)31/h3-8,13,17,27H,9H2,1-2H3,(H,26,28)(H,29,30,31). The number of amides is 1. The highest BCUT2D eigenvalue weighted by molar-refractivity contribution is 8.02. The van der Waals surface area contributed by atoms with E-state index in [0.29, 0.717) is 11.8 Å². The van der Waals surface area contributed by atoms with Crippen LogP contribution in [0.15, 0.2) is 36.4 Å². The van der Waals surface area contributed by atoms with Gasteiger partial charge in [-0.1, -0.05) is 6.07 Å². The molecule has 2 aromatic carbocycles. The normalized spacial score (nSPS) is 22.9. The summed E-state index contributed by atoms with van der Waals surface area (Å²) in [7, 11) is -3.48. The van der Waals surface area contributed by atoms with Crippen LogP contribution in [0.4, 0.5) is 33.3 Å². The van der Waals surface area contributed by atoms with Crippen LogP contribution in [0.1, 0.15) is 24.8 Å². The Morgan fingerprint density at radius 1 is 1.15 bits per heavy atom. The molecule has 3 rings (SSSR count). The first-order valence-electron chi connectivity index (χ1n) is 9.58. The highest BCUT2D eigenvalue weighted by atomic mass is 32.2. The van der Waals surface area contributed by atoms with Crippen molar-refractivity contribution in [3.63, 3.8) is 0 Å². The van der Waals surface area contributed by atoms with Crippen LogP contribution in [0.2, 0.25) is 0 Å². The zero-order valence-electron chi connectivity index (χ0n) is 17.6. The molecule has 186 valence electrons. The summed E-state index contributed by atoms with van der Waals surface area (Å²) >= 11 is 0.357. The van der Waals surface area contributed by atoms with Crippen LogP contribution in [0.5, 0.6) is 5.75 Å². The Kier molecular flexibility index (Phi) is 7.06. The van der Waals surface area contributed by atoms with E-state index in [2.05, 4.69) is 5.32 Å². The van der Waals surface area contributed by atoms with Gasteiger partial charge in [0.2, 0.25) is 11.7 Å². The Bertz CT molecular complexity index is 1190. The predicted molar refractivity (Wildman–Crippen MR) is 116 cm³/mol. The Morgan fingerprint density at radius 3 is 2.26 bits per heavy atom. The molecule has 1 amide bonds. The third-order valence-corrected chi connectivity index (χ3v) is 7.51. The molecule has 0 bridgehead atoms. The van der Waals surface area contributed by atoms with Crippen molar-refractivity contribution in [1.82, 2.24) is 0 Å². The van der Waals surface area contributed by atoms with Gasteiger partial charge in [-0.25, -0.2) is 4.39 Å². The fourth-order valence-electron chi connectivity index (χ4n) is 3.66. The molecule has 3 unspecified atom stereocenters. The first-order valence-corrected chi connectivity index (χ1v) is 11.9. The van der Waals surface area contributed by atoms with Gasteiger partial charge in [-0.2, -0.15) is 26.0 Å².